The van der Waals surface area contributed by atoms with Crippen molar-refractivity contribution in [2.24, 2.45) is 0 Å². The molecule has 148 valence electrons. The molecule has 4 rings (SSSR count). The van der Waals surface area contributed by atoms with Crippen LogP contribution < -0.4 is 5.32 Å². The van der Waals surface area contributed by atoms with Crippen LogP contribution in [0, 0.1) is 0 Å². The van der Waals surface area contributed by atoms with Crippen molar-refractivity contribution in [3.05, 3.63) is 41.5 Å². The van der Waals surface area contributed by atoms with E-state index in [0.29, 0.717) is 5.92 Å². The van der Waals surface area contributed by atoms with Crippen LogP contribution in [0.15, 0.2) is 36.0 Å². The Hall–Kier alpha value is -1.98. The minimum atomic E-state index is 0.550. The first kappa shape index (κ1) is 19.3. The Kier molecular flexibility index (Phi) is 6.23. The number of hydrogen-bond donors (Lipinski definition) is 1. The normalized spacial score (nSPS) is 15.0. The molecule has 0 radical (unpaired) electrons. The second-order valence-corrected chi connectivity index (χ2v) is 8.87. The van der Waals surface area contributed by atoms with Crippen molar-refractivity contribution >= 4 is 27.4 Å². The molecule has 5 heteroatoms. The van der Waals surface area contributed by atoms with Gasteiger partial charge in [-0.15, -0.1) is 11.3 Å². The number of unbranched alkanes of at least 4 members (excludes halogenated alkanes) is 1. The second kappa shape index (κ2) is 9.01. The van der Waals surface area contributed by atoms with Crippen LogP contribution in [0.1, 0.15) is 51.0 Å². The van der Waals surface area contributed by atoms with E-state index in [4.69, 9.17) is 0 Å². The van der Waals surface area contributed by atoms with E-state index < -0.39 is 0 Å². The van der Waals surface area contributed by atoms with Crippen molar-refractivity contribution in [1.29, 1.82) is 0 Å². The number of nitrogens with one attached hydrogen (secondary N) is 1. The van der Waals surface area contributed by atoms with Crippen molar-refractivity contribution in [2.75, 3.05) is 31.5 Å². The molecular weight excluding hydrogens is 364 g/mol. The Morgan fingerprint density at radius 2 is 1.86 bits per heavy atom. The van der Waals surface area contributed by atoms with Gasteiger partial charge in [0.05, 0.1) is 5.39 Å². The fourth-order valence-corrected chi connectivity index (χ4v) is 4.86. The Labute approximate surface area is 172 Å². The Balaban J connectivity index is 1.45. The third-order valence-electron chi connectivity index (χ3n) is 5.65. The maximum atomic E-state index is 4.56. The van der Waals surface area contributed by atoms with Gasteiger partial charge in [-0.25, -0.2) is 9.97 Å². The highest BCUT2D eigenvalue weighted by atomic mass is 32.1. The number of likely N-dealkylation sites (tertiary alicyclic amines) is 1. The van der Waals surface area contributed by atoms with Crippen LogP contribution in [0.25, 0.3) is 21.3 Å². The second-order valence-electron chi connectivity index (χ2n) is 8.01. The molecule has 28 heavy (non-hydrogen) atoms. The Morgan fingerprint density at radius 3 is 2.61 bits per heavy atom. The highest BCUT2D eigenvalue weighted by Gasteiger charge is 2.14. The summed E-state index contributed by atoms with van der Waals surface area (Å²) in [6.45, 7) is 9.22. The van der Waals surface area contributed by atoms with Crippen molar-refractivity contribution in [3.8, 4) is 11.1 Å². The van der Waals surface area contributed by atoms with Crippen LogP contribution in [0.3, 0.4) is 0 Å². The molecule has 0 atom stereocenters. The summed E-state index contributed by atoms with van der Waals surface area (Å²) in [7, 11) is 0. The molecule has 0 amide bonds. The molecule has 1 aliphatic rings. The summed E-state index contributed by atoms with van der Waals surface area (Å²) in [4.78, 5) is 12.7. The number of fused-ring (bicyclic) bond motifs is 1. The summed E-state index contributed by atoms with van der Waals surface area (Å²) >= 11 is 1.70. The van der Waals surface area contributed by atoms with Gasteiger partial charge in [-0.05, 0) is 62.4 Å². The number of nitrogens with zero attached hydrogens (tertiary/aromatic N) is 3. The maximum Gasteiger partial charge on any atom is 0.138 e. The lowest BCUT2D eigenvalue weighted by molar-refractivity contribution is 0.331. The van der Waals surface area contributed by atoms with Gasteiger partial charge in [0.1, 0.15) is 17.0 Å². The first-order valence-electron chi connectivity index (χ1n) is 10.5. The molecule has 0 bridgehead atoms. The van der Waals surface area contributed by atoms with Gasteiger partial charge in [0.2, 0.25) is 0 Å². The third kappa shape index (κ3) is 4.36. The summed E-state index contributed by atoms with van der Waals surface area (Å²) in [6.07, 6.45) is 6.84. The summed E-state index contributed by atoms with van der Waals surface area (Å²) in [6, 6.07) is 8.92. The molecule has 0 aliphatic carbocycles. The van der Waals surface area contributed by atoms with E-state index >= 15 is 0 Å². The van der Waals surface area contributed by atoms with Crippen molar-refractivity contribution < 1.29 is 0 Å². The average molecular weight is 395 g/mol. The molecule has 0 unspecified atom stereocenters. The van der Waals surface area contributed by atoms with E-state index in [1.165, 1.54) is 62.0 Å². The zero-order chi connectivity index (χ0) is 19.3. The van der Waals surface area contributed by atoms with E-state index in [2.05, 4.69) is 63.7 Å². The number of rotatable bonds is 8. The third-order valence-corrected chi connectivity index (χ3v) is 6.54. The van der Waals surface area contributed by atoms with E-state index in [-0.39, 0.29) is 0 Å². The highest BCUT2D eigenvalue weighted by Crippen LogP contribution is 2.36. The van der Waals surface area contributed by atoms with Gasteiger partial charge in [-0.3, -0.25) is 0 Å². The summed E-state index contributed by atoms with van der Waals surface area (Å²) in [5.41, 5.74) is 3.84. The van der Waals surface area contributed by atoms with Crippen LogP contribution in [-0.2, 0) is 0 Å². The number of thiophene rings is 1. The highest BCUT2D eigenvalue weighted by molar-refractivity contribution is 7.17. The van der Waals surface area contributed by atoms with Crippen LogP contribution in [0.2, 0.25) is 0 Å². The summed E-state index contributed by atoms with van der Waals surface area (Å²) in [5.74, 6) is 1.52. The Morgan fingerprint density at radius 1 is 1.07 bits per heavy atom. The summed E-state index contributed by atoms with van der Waals surface area (Å²) in [5, 5.41) is 6.94. The van der Waals surface area contributed by atoms with Gasteiger partial charge in [0.15, 0.2) is 0 Å². The van der Waals surface area contributed by atoms with Gasteiger partial charge in [-0.1, -0.05) is 38.1 Å². The molecule has 1 aliphatic heterocycles. The van der Waals surface area contributed by atoms with Crippen LogP contribution in [-0.4, -0.2) is 41.0 Å². The SMILES string of the molecule is CC(C)c1ccc(-c2csc3ncnc(NCCCCN4CCCC4)c23)cc1. The molecule has 1 fully saturated rings. The molecule has 3 aromatic rings. The van der Waals surface area contributed by atoms with E-state index in [0.717, 1.165) is 22.6 Å². The van der Waals surface area contributed by atoms with Crippen LogP contribution in [0.5, 0.6) is 0 Å². The zero-order valence-corrected chi connectivity index (χ0v) is 17.8. The molecule has 1 saturated heterocycles. The predicted molar refractivity (Wildman–Crippen MR) is 120 cm³/mol. The monoisotopic (exact) mass is 394 g/mol. The molecular formula is C23H30N4S. The molecule has 0 saturated carbocycles. The van der Waals surface area contributed by atoms with Gasteiger partial charge in [0, 0.05) is 17.5 Å². The zero-order valence-electron chi connectivity index (χ0n) is 16.9. The molecule has 1 N–H and O–H groups in total. The van der Waals surface area contributed by atoms with Gasteiger partial charge in [-0.2, -0.15) is 0 Å². The standard InChI is InChI=1S/C23H30N4S/c1-17(2)18-7-9-19(10-8-18)20-15-28-23-21(20)22(25-16-26-23)24-11-3-4-12-27-13-5-6-14-27/h7-10,15-17H,3-6,11-14H2,1-2H3,(H,24,25,26). The predicted octanol–water partition coefficient (Wildman–Crippen LogP) is 5.77. The average Bonchev–Trinajstić information content (AvgIpc) is 3.38. The van der Waals surface area contributed by atoms with Crippen LogP contribution >= 0.6 is 11.3 Å². The lowest BCUT2D eigenvalue weighted by Crippen LogP contribution is -2.20. The van der Waals surface area contributed by atoms with Crippen molar-refractivity contribution in [2.45, 2.75) is 45.4 Å². The topological polar surface area (TPSA) is 41.1 Å². The van der Waals surface area contributed by atoms with Crippen molar-refractivity contribution in [3.63, 3.8) is 0 Å². The summed E-state index contributed by atoms with van der Waals surface area (Å²) < 4.78 is 0. The first-order chi connectivity index (χ1) is 13.7. The fourth-order valence-electron chi connectivity index (χ4n) is 3.94. The smallest absolute Gasteiger partial charge is 0.138 e. The fraction of sp³-hybridized carbons (Fsp3) is 0.478. The van der Waals surface area contributed by atoms with E-state index in [1.54, 1.807) is 17.7 Å². The number of aromatic nitrogens is 2. The van der Waals surface area contributed by atoms with Gasteiger partial charge in [0.25, 0.3) is 0 Å². The number of hydrogen-bond acceptors (Lipinski definition) is 5. The molecule has 3 heterocycles. The van der Waals surface area contributed by atoms with Crippen LogP contribution in [0.4, 0.5) is 5.82 Å². The largest absolute Gasteiger partial charge is 0.369 e. The minimum Gasteiger partial charge on any atom is -0.369 e. The first-order valence-corrected chi connectivity index (χ1v) is 11.4. The lowest BCUT2D eigenvalue weighted by atomic mass is 9.99. The molecule has 2 aromatic heterocycles. The van der Waals surface area contributed by atoms with Gasteiger partial charge < -0.3 is 10.2 Å². The van der Waals surface area contributed by atoms with Gasteiger partial charge >= 0.3 is 0 Å². The Bertz CT molecular complexity index is 895. The minimum absolute atomic E-state index is 0.550. The molecule has 1 aromatic carbocycles. The number of anilines is 1. The molecule has 4 nitrogen and oxygen atoms in total. The quantitative estimate of drug-likeness (QED) is 0.492. The van der Waals surface area contributed by atoms with E-state index in [9.17, 15) is 0 Å². The lowest BCUT2D eigenvalue weighted by Gasteiger charge is -2.14. The van der Waals surface area contributed by atoms with Crippen molar-refractivity contribution in [1.82, 2.24) is 14.9 Å². The number of benzene rings is 1. The van der Waals surface area contributed by atoms with E-state index in [1.807, 2.05) is 0 Å². The maximum absolute atomic E-state index is 4.56. The molecule has 0 spiro atoms.